The number of alkyl halides is 10. The van der Waals surface area contributed by atoms with Crippen LogP contribution in [0.4, 0.5) is 43.9 Å². The van der Waals surface area contributed by atoms with Crippen LogP contribution in [0.2, 0.25) is 0 Å². The molecule has 1 aliphatic rings. The first kappa shape index (κ1) is 33.7. The van der Waals surface area contributed by atoms with Crippen molar-refractivity contribution >= 4 is 0 Å². The van der Waals surface area contributed by atoms with Gasteiger partial charge in [0.25, 0.3) is 0 Å². The normalized spacial score (nSPS) is 15.1. The highest BCUT2D eigenvalue weighted by Crippen LogP contribution is 2.48. The maximum Gasteiger partial charge on any atom is 0.453 e. The van der Waals surface area contributed by atoms with Crippen molar-refractivity contribution in [1.82, 2.24) is 0 Å². The van der Waals surface area contributed by atoms with Gasteiger partial charge < -0.3 is 9.47 Å². The van der Waals surface area contributed by atoms with Crippen molar-refractivity contribution in [2.24, 2.45) is 0 Å². The Hall–Kier alpha value is -0.780. The summed E-state index contributed by atoms with van der Waals surface area (Å²) in [7, 11) is 0.500. The summed E-state index contributed by atoms with van der Waals surface area (Å²) in [6.07, 6.45) is -11.2. The Morgan fingerprint density at radius 3 is 1.04 bits per heavy atom. The second kappa shape index (κ2) is 16.1. The fourth-order valence-corrected chi connectivity index (χ4v) is 0.900. The monoisotopic (exact) mass is 376 g/mol. The molecule has 0 spiro atoms. The van der Waals surface area contributed by atoms with Crippen LogP contribution in [0.1, 0.15) is 21.8 Å². The zero-order chi connectivity index (χ0) is 17.7. The Balaban J connectivity index is -0.0000000929. The van der Waals surface area contributed by atoms with E-state index in [2.05, 4.69) is 9.47 Å². The van der Waals surface area contributed by atoms with Gasteiger partial charge in [-0.3, -0.25) is 8.78 Å². The van der Waals surface area contributed by atoms with E-state index < -0.39 is 38.3 Å². The molecule has 0 amide bonds. The molecule has 1 fully saturated rings. The smallest absolute Gasteiger partial charge is 0.333 e. The standard InChI is InChI=1S/C5H4F6O2.C2H5F.CH2F2.CH3F.2CH4/c6-4(7,8)3(5(9,10)11)12-1-2-13-3;1-2-3;2-1-3;1-2;;/h1-2H2;2H2,1H3;1H2;1H3;2*1H4. The van der Waals surface area contributed by atoms with Crippen LogP contribution in [-0.4, -0.2) is 52.1 Å². The molecule has 148 valence electrons. The lowest BCUT2D eigenvalue weighted by Crippen LogP contribution is -2.57. The molecule has 0 aromatic heterocycles. The summed E-state index contributed by atoms with van der Waals surface area (Å²) in [5.74, 6) is -4.43. The maximum absolute atomic E-state index is 11.9. The van der Waals surface area contributed by atoms with Crippen LogP contribution in [0.15, 0.2) is 0 Å². The fraction of sp³-hybridized carbons (Fsp3) is 1.00. The van der Waals surface area contributed by atoms with Crippen LogP contribution in [0.3, 0.4) is 0 Å². The van der Waals surface area contributed by atoms with E-state index in [-0.39, 0.29) is 21.5 Å². The molecule has 0 bridgehead atoms. The molecule has 1 saturated heterocycles. The summed E-state index contributed by atoms with van der Waals surface area (Å²) in [4.78, 5) is 0. The molecule has 1 aliphatic heterocycles. The Bertz CT molecular complexity index is 206. The summed E-state index contributed by atoms with van der Waals surface area (Å²) in [6, 6.07) is 0. The van der Waals surface area contributed by atoms with E-state index in [9.17, 15) is 43.9 Å². The third kappa shape index (κ3) is 11.4. The van der Waals surface area contributed by atoms with E-state index >= 15 is 0 Å². The van der Waals surface area contributed by atoms with Gasteiger partial charge in [0.1, 0.15) is 0 Å². The summed E-state index contributed by atoms with van der Waals surface area (Å²) in [5, 5.41) is 0. The molecule has 1 rings (SSSR count). The highest BCUT2D eigenvalue weighted by atomic mass is 19.4. The van der Waals surface area contributed by atoms with Crippen molar-refractivity contribution in [1.29, 1.82) is 0 Å². The van der Waals surface area contributed by atoms with Gasteiger partial charge in [0.2, 0.25) is 6.93 Å². The molecule has 0 radical (unpaired) electrons. The van der Waals surface area contributed by atoms with Crippen molar-refractivity contribution in [3.05, 3.63) is 0 Å². The summed E-state index contributed by atoms with van der Waals surface area (Å²) in [5.41, 5.74) is 0. The first-order valence-corrected chi connectivity index (χ1v) is 5.01. The van der Waals surface area contributed by atoms with Crippen molar-refractivity contribution in [3.63, 3.8) is 0 Å². The minimum absolute atomic E-state index is 0. The molecule has 1 heterocycles. The summed E-state index contributed by atoms with van der Waals surface area (Å²) < 4.78 is 118. The number of hydrogen-bond acceptors (Lipinski definition) is 2. The van der Waals surface area contributed by atoms with Crippen LogP contribution < -0.4 is 0 Å². The summed E-state index contributed by atoms with van der Waals surface area (Å²) >= 11 is 0. The quantitative estimate of drug-likeness (QED) is 0.515. The van der Waals surface area contributed by atoms with Crippen molar-refractivity contribution < 1.29 is 53.4 Å². The van der Waals surface area contributed by atoms with Gasteiger partial charge in [0, 0.05) is 0 Å². The minimum atomic E-state index is -5.61. The van der Waals surface area contributed by atoms with Crippen LogP contribution in [0.25, 0.3) is 0 Å². The second-order valence-corrected chi connectivity index (χ2v) is 2.68. The number of halogens is 10. The summed E-state index contributed by atoms with van der Waals surface area (Å²) in [6.45, 7) is -1.99. The SMILES string of the molecule is C.C.CCF.CF.FC(F)(F)C1(C(F)(F)F)OCCO1.FCF. The molecule has 2 nitrogen and oxygen atoms in total. The highest BCUT2D eigenvalue weighted by Gasteiger charge is 2.76. The van der Waals surface area contributed by atoms with Gasteiger partial charge in [-0.2, -0.15) is 26.3 Å². The lowest BCUT2D eigenvalue weighted by Gasteiger charge is -2.30. The topological polar surface area (TPSA) is 18.5 Å². The van der Waals surface area contributed by atoms with E-state index in [0.717, 1.165) is 0 Å². The van der Waals surface area contributed by atoms with E-state index in [1.807, 2.05) is 0 Å². The van der Waals surface area contributed by atoms with Crippen molar-refractivity contribution in [3.8, 4) is 0 Å². The molecule has 12 heteroatoms. The highest BCUT2D eigenvalue weighted by molar-refractivity contribution is 4.89. The molecule has 0 aliphatic carbocycles. The number of rotatable bonds is 0. The molecular weight excluding hydrogens is 354 g/mol. The average molecular weight is 376 g/mol. The second-order valence-electron chi connectivity index (χ2n) is 2.68. The van der Waals surface area contributed by atoms with Gasteiger partial charge in [-0.15, -0.1) is 0 Å². The molecule has 0 unspecified atom stereocenters. The molecule has 0 aromatic carbocycles. The van der Waals surface area contributed by atoms with Gasteiger partial charge in [-0.05, 0) is 6.92 Å². The average Bonchev–Trinajstić information content (AvgIpc) is 2.82. The van der Waals surface area contributed by atoms with Gasteiger partial charge in [0.05, 0.1) is 27.1 Å². The van der Waals surface area contributed by atoms with E-state index in [1.165, 1.54) is 6.92 Å². The molecule has 0 saturated carbocycles. The zero-order valence-corrected chi connectivity index (χ0v) is 10.9. The lowest BCUT2D eigenvalue weighted by molar-refractivity contribution is -0.439. The largest absolute Gasteiger partial charge is 0.453 e. The van der Waals surface area contributed by atoms with E-state index in [4.69, 9.17) is 0 Å². The minimum Gasteiger partial charge on any atom is -0.333 e. The van der Waals surface area contributed by atoms with Gasteiger partial charge in [-0.1, -0.05) is 14.9 Å². The van der Waals surface area contributed by atoms with Crippen molar-refractivity contribution in [2.45, 2.75) is 39.9 Å². The predicted molar refractivity (Wildman–Crippen MR) is 66.0 cm³/mol. The lowest BCUT2D eigenvalue weighted by atomic mass is 10.2. The molecule has 0 atom stereocenters. The third-order valence-corrected chi connectivity index (χ3v) is 1.44. The third-order valence-electron chi connectivity index (χ3n) is 1.44. The first-order chi connectivity index (χ1) is 9.54. The zero-order valence-electron chi connectivity index (χ0n) is 10.9. The van der Waals surface area contributed by atoms with Gasteiger partial charge in [-0.25, -0.2) is 8.78 Å². The van der Waals surface area contributed by atoms with Gasteiger partial charge in [0.15, 0.2) is 0 Å². The molecule has 23 heavy (non-hydrogen) atoms. The van der Waals surface area contributed by atoms with E-state index in [1.54, 1.807) is 0 Å². The molecule has 0 N–H and O–H groups in total. The number of hydrogen-bond donors (Lipinski definition) is 0. The van der Waals surface area contributed by atoms with Gasteiger partial charge >= 0.3 is 18.1 Å². The predicted octanol–water partition coefficient (Wildman–Crippen LogP) is 5.57. The Kier molecular flexibility index (Phi) is 23.6. The fourth-order valence-electron chi connectivity index (χ4n) is 0.900. The maximum atomic E-state index is 11.9. The van der Waals surface area contributed by atoms with Crippen LogP contribution in [-0.2, 0) is 9.47 Å². The number of ether oxygens (including phenoxy) is 2. The van der Waals surface area contributed by atoms with Crippen LogP contribution >= 0.6 is 0 Å². The Morgan fingerprint density at radius 1 is 0.783 bits per heavy atom. The molecular formula is C11H22F10O2. The van der Waals surface area contributed by atoms with Crippen LogP contribution in [0.5, 0.6) is 0 Å². The Morgan fingerprint density at radius 2 is 0.957 bits per heavy atom. The Labute approximate surface area is 128 Å². The van der Waals surface area contributed by atoms with E-state index in [0.29, 0.717) is 7.18 Å². The van der Waals surface area contributed by atoms with Crippen molar-refractivity contribution in [2.75, 3.05) is 34.0 Å². The first-order valence-electron chi connectivity index (χ1n) is 5.01. The molecule has 0 aromatic rings. The van der Waals surface area contributed by atoms with Crippen LogP contribution in [0, 0.1) is 0 Å².